The lowest BCUT2D eigenvalue weighted by Gasteiger charge is -1.93. The number of halogens is 1. The second-order valence-electron chi connectivity index (χ2n) is 2.26. The van der Waals surface area contributed by atoms with E-state index in [1.165, 1.54) is 12.1 Å². The molecule has 0 N–H and O–H groups in total. The van der Waals surface area contributed by atoms with Crippen LogP contribution >= 0.6 is 0 Å². The number of benzene rings is 1. The average molecular weight is 164 g/mol. The number of hydrogen-bond acceptors (Lipinski definition) is 3. The Balaban J connectivity index is 2.88. The molecule has 59 valence electrons. The number of aromatic nitrogens is 3. The van der Waals surface area contributed by atoms with E-state index < -0.39 is 11.7 Å². The summed E-state index contributed by atoms with van der Waals surface area (Å²) < 4.78 is 12.6. The molecule has 0 unspecified atom stereocenters. The lowest BCUT2D eigenvalue weighted by molar-refractivity contribution is 0.335. The molecular formula is C7H3FN3O. The van der Waals surface area contributed by atoms with E-state index in [-0.39, 0.29) is 5.39 Å². The van der Waals surface area contributed by atoms with Crippen LogP contribution in [0.5, 0.6) is 5.88 Å². The van der Waals surface area contributed by atoms with Crippen LogP contribution in [0.25, 0.3) is 10.9 Å². The standard InChI is InChI=1S/C7H3FN3O/c8-4-1-2-6-5(3-4)7(12)10-11-9-6/h1-3H. The Kier molecular flexibility index (Phi) is 1.36. The highest BCUT2D eigenvalue weighted by atomic mass is 19.1. The van der Waals surface area contributed by atoms with Crippen molar-refractivity contribution in [1.29, 1.82) is 0 Å². The molecule has 0 amide bonds. The molecule has 0 fully saturated rings. The van der Waals surface area contributed by atoms with Gasteiger partial charge in [0.15, 0.2) is 0 Å². The summed E-state index contributed by atoms with van der Waals surface area (Å²) in [6.45, 7) is 0. The highest BCUT2D eigenvalue weighted by Gasteiger charge is 2.04. The van der Waals surface area contributed by atoms with Crippen LogP contribution in [-0.2, 0) is 5.11 Å². The van der Waals surface area contributed by atoms with Crippen molar-refractivity contribution in [3.63, 3.8) is 0 Å². The third-order valence-corrected chi connectivity index (χ3v) is 1.48. The summed E-state index contributed by atoms with van der Waals surface area (Å²) in [6.07, 6.45) is 0. The van der Waals surface area contributed by atoms with Crippen LogP contribution < -0.4 is 0 Å². The monoisotopic (exact) mass is 164 g/mol. The van der Waals surface area contributed by atoms with Crippen LogP contribution in [0, 0.1) is 5.82 Å². The van der Waals surface area contributed by atoms with E-state index in [1.54, 1.807) is 0 Å². The molecule has 0 spiro atoms. The maximum absolute atomic E-state index is 12.6. The zero-order chi connectivity index (χ0) is 8.55. The summed E-state index contributed by atoms with van der Waals surface area (Å²) in [6, 6.07) is 3.70. The van der Waals surface area contributed by atoms with Crippen LogP contribution in [0.4, 0.5) is 4.39 Å². The van der Waals surface area contributed by atoms with E-state index in [2.05, 4.69) is 15.4 Å². The molecule has 2 aromatic rings. The number of fused-ring (bicyclic) bond motifs is 1. The maximum atomic E-state index is 12.6. The zero-order valence-electron chi connectivity index (χ0n) is 5.86. The lowest BCUT2D eigenvalue weighted by atomic mass is 10.2. The number of nitrogens with zero attached hydrogens (tertiary/aromatic N) is 3. The fourth-order valence-corrected chi connectivity index (χ4v) is 0.932. The summed E-state index contributed by atoms with van der Waals surface area (Å²) in [4.78, 5) is 0. The van der Waals surface area contributed by atoms with E-state index in [1.807, 2.05) is 0 Å². The van der Waals surface area contributed by atoms with Crippen LogP contribution in [-0.4, -0.2) is 15.4 Å². The number of hydrogen-bond donors (Lipinski definition) is 0. The quantitative estimate of drug-likeness (QED) is 0.589. The van der Waals surface area contributed by atoms with Gasteiger partial charge < -0.3 is 0 Å². The predicted molar refractivity (Wildman–Crippen MR) is 37.4 cm³/mol. The van der Waals surface area contributed by atoms with Crippen LogP contribution in [0.15, 0.2) is 18.2 Å². The Bertz CT molecular complexity index is 432. The molecule has 0 atom stereocenters. The first-order valence-electron chi connectivity index (χ1n) is 3.23. The van der Waals surface area contributed by atoms with Crippen molar-refractivity contribution in [2.75, 3.05) is 0 Å². The van der Waals surface area contributed by atoms with Crippen molar-refractivity contribution in [2.45, 2.75) is 0 Å². The third-order valence-electron chi connectivity index (χ3n) is 1.48. The van der Waals surface area contributed by atoms with E-state index in [0.717, 1.165) is 6.07 Å². The maximum Gasteiger partial charge on any atom is 0.299 e. The Morgan fingerprint density at radius 3 is 2.92 bits per heavy atom. The summed E-state index contributed by atoms with van der Waals surface area (Å²) in [5.41, 5.74) is 0.358. The largest absolute Gasteiger partial charge is 0.299 e. The van der Waals surface area contributed by atoms with Crippen LogP contribution in [0.2, 0.25) is 0 Å². The molecule has 1 aromatic heterocycles. The van der Waals surface area contributed by atoms with Gasteiger partial charge in [0.2, 0.25) is 0 Å². The van der Waals surface area contributed by atoms with E-state index in [9.17, 15) is 9.50 Å². The highest BCUT2D eigenvalue weighted by molar-refractivity contribution is 5.82. The van der Waals surface area contributed by atoms with E-state index in [0.29, 0.717) is 5.52 Å². The number of rotatable bonds is 0. The van der Waals surface area contributed by atoms with Gasteiger partial charge in [0.05, 0.1) is 5.39 Å². The molecule has 2 rings (SSSR count). The first kappa shape index (κ1) is 6.90. The van der Waals surface area contributed by atoms with Gasteiger partial charge >= 0.3 is 0 Å². The van der Waals surface area contributed by atoms with Gasteiger partial charge in [0.1, 0.15) is 11.3 Å². The van der Waals surface area contributed by atoms with Gasteiger partial charge in [-0.15, -0.1) is 5.10 Å². The van der Waals surface area contributed by atoms with Gasteiger partial charge in [-0.2, -0.15) is 0 Å². The molecule has 1 radical (unpaired) electrons. The van der Waals surface area contributed by atoms with Crippen molar-refractivity contribution >= 4 is 10.9 Å². The minimum Gasteiger partial charge on any atom is -0.265 e. The van der Waals surface area contributed by atoms with Gasteiger partial charge in [-0.05, 0) is 23.4 Å². The Morgan fingerprint density at radius 1 is 1.25 bits per heavy atom. The summed E-state index contributed by atoms with van der Waals surface area (Å²) in [7, 11) is 0. The molecule has 0 saturated heterocycles. The van der Waals surface area contributed by atoms with Gasteiger partial charge in [-0.3, -0.25) is 5.11 Å². The minimum absolute atomic E-state index is 0.157. The lowest BCUT2D eigenvalue weighted by Crippen LogP contribution is -1.88. The fourth-order valence-electron chi connectivity index (χ4n) is 0.932. The normalized spacial score (nSPS) is 10.4. The van der Waals surface area contributed by atoms with Crippen molar-refractivity contribution in [1.82, 2.24) is 15.4 Å². The van der Waals surface area contributed by atoms with Crippen molar-refractivity contribution in [2.24, 2.45) is 0 Å². The molecule has 12 heavy (non-hydrogen) atoms. The molecular weight excluding hydrogens is 161 g/mol. The van der Waals surface area contributed by atoms with E-state index in [4.69, 9.17) is 0 Å². The fraction of sp³-hybridized carbons (Fsp3) is 0. The van der Waals surface area contributed by atoms with Gasteiger partial charge in [0, 0.05) is 0 Å². The summed E-state index contributed by atoms with van der Waals surface area (Å²) in [5, 5.41) is 21.0. The van der Waals surface area contributed by atoms with Crippen molar-refractivity contribution < 1.29 is 9.50 Å². The molecule has 0 aliphatic carbocycles. The van der Waals surface area contributed by atoms with E-state index >= 15 is 0 Å². The molecule has 4 nitrogen and oxygen atoms in total. The summed E-state index contributed by atoms with van der Waals surface area (Å²) >= 11 is 0. The zero-order valence-corrected chi connectivity index (χ0v) is 5.86. The molecule has 1 aromatic carbocycles. The molecule has 0 aliphatic heterocycles. The second-order valence-corrected chi connectivity index (χ2v) is 2.26. The van der Waals surface area contributed by atoms with Crippen molar-refractivity contribution in [3.05, 3.63) is 24.0 Å². The first-order chi connectivity index (χ1) is 5.77. The van der Waals surface area contributed by atoms with Gasteiger partial charge in [0.25, 0.3) is 5.88 Å². The van der Waals surface area contributed by atoms with Crippen LogP contribution in [0.1, 0.15) is 0 Å². The highest BCUT2D eigenvalue weighted by Crippen LogP contribution is 2.19. The Hall–Kier alpha value is -1.78. The first-order valence-corrected chi connectivity index (χ1v) is 3.23. The molecule has 0 aliphatic rings. The minimum atomic E-state index is -0.556. The molecule has 0 bridgehead atoms. The predicted octanol–water partition coefficient (Wildman–Crippen LogP) is 1.31. The molecule has 5 heteroatoms. The molecule has 1 heterocycles. The second kappa shape index (κ2) is 2.37. The van der Waals surface area contributed by atoms with Crippen molar-refractivity contribution in [3.8, 4) is 5.88 Å². The topological polar surface area (TPSA) is 58.6 Å². The Labute approximate surface area is 66.7 Å². The molecule has 0 saturated carbocycles. The average Bonchev–Trinajstić information content (AvgIpc) is 2.07. The van der Waals surface area contributed by atoms with Gasteiger partial charge in [-0.1, -0.05) is 5.10 Å². The SMILES string of the molecule is [O]c1nnnc2ccc(F)cc12. The summed E-state index contributed by atoms with van der Waals surface area (Å²) in [5.74, 6) is -1.03. The Morgan fingerprint density at radius 2 is 2.08 bits per heavy atom. The smallest absolute Gasteiger partial charge is 0.265 e. The van der Waals surface area contributed by atoms with Gasteiger partial charge in [-0.25, -0.2) is 4.39 Å². The van der Waals surface area contributed by atoms with Crippen LogP contribution in [0.3, 0.4) is 0 Å². The third kappa shape index (κ3) is 0.952.